The van der Waals surface area contributed by atoms with E-state index in [2.05, 4.69) is 30.8 Å². The van der Waals surface area contributed by atoms with Crippen LogP contribution in [0.3, 0.4) is 0 Å². The van der Waals surface area contributed by atoms with E-state index in [1.54, 1.807) is 17.0 Å². The molecular weight excluding hydrogens is 396 g/mol. The lowest BCUT2D eigenvalue weighted by Gasteiger charge is -2.34. The fraction of sp³-hybridized carbons (Fsp3) is 0.545. The maximum atomic E-state index is 13.2. The summed E-state index contributed by atoms with van der Waals surface area (Å²) in [7, 11) is 2.04. The van der Waals surface area contributed by atoms with E-state index in [-0.39, 0.29) is 22.1 Å². The molecule has 0 unspecified atom stereocenters. The molecule has 0 radical (unpaired) electrons. The van der Waals surface area contributed by atoms with Crippen molar-refractivity contribution in [3.8, 4) is 0 Å². The van der Waals surface area contributed by atoms with Gasteiger partial charge in [0.25, 0.3) is 11.6 Å². The van der Waals surface area contributed by atoms with Crippen molar-refractivity contribution in [2.24, 2.45) is 0 Å². The smallest absolute Gasteiger partial charge is 0.293 e. The Morgan fingerprint density at radius 3 is 2.48 bits per heavy atom. The highest BCUT2D eigenvalue weighted by Gasteiger charge is 2.30. The highest BCUT2D eigenvalue weighted by atomic mass is 16.6. The zero-order valence-corrected chi connectivity index (χ0v) is 18.7. The van der Waals surface area contributed by atoms with Crippen LogP contribution in [0.25, 0.3) is 0 Å². The van der Waals surface area contributed by atoms with Gasteiger partial charge >= 0.3 is 0 Å². The molecule has 1 aromatic carbocycles. The maximum absolute atomic E-state index is 13.2. The molecule has 1 saturated heterocycles. The summed E-state index contributed by atoms with van der Waals surface area (Å²) in [4.78, 5) is 30.5. The van der Waals surface area contributed by atoms with Gasteiger partial charge in [-0.2, -0.15) is 5.10 Å². The predicted octanol–water partition coefficient (Wildman–Crippen LogP) is 2.50. The molecule has 9 heteroatoms. The van der Waals surface area contributed by atoms with E-state index in [9.17, 15) is 14.9 Å². The molecule has 0 aliphatic carbocycles. The van der Waals surface area contributed by atoms with Crippen LogP contribution in [-0.4, -0.2) is 70.2 Å². The number of amides is 1. The molecule has 0 spiro atoms. The highest BCUT2D eigenvalue weighted by molar-refractivity contribution is 5.96. The number of nitro groups is 1. The maximum Gasteiger partial charge on any atom is 0.293 e. The number of rotatable bonds is 3. The minimum atomic E-state index is -0.383. The van der Waals surface area contributed by atoms with Gasteiger partial charge in [-0.1, -0.05) is 0 Å². The molecule has 0 atom stereocenters. The summed E-state index contributed by atoms with van der Waals surface area (Å²) in [5.41, 5.74) is 3.03. The molecule has 3 heterocycles. The standard InChI is InChI=1S/C22H30N6O3/c1-22(2,3)27-18-7-8-26(15-17(18)14-23-27)21(29)16-5-6-19(20(13-16)28(30)31)25-11-9-24(4)10-12-25/h5-6,13-14H,7-12,15H2,1-4H3. The second-order valence-corrected chi connectivity index (χ2v) is 9.43. The molecule has 4 rings (SSSR count). The molecule has 1 amide bonds. The molecule has 31 heavy (non-hydrogen) atoms. The van der Waals surface area contributed by atoms with E-state index in [0.29, 0.717) is 24.3 Å². The SMILES string of the molecule is CN1CCN(c2ccc(C(=O)N3CCc4c(cnn4C(C)(C)C)C3)cc2[N+](=O)[O-])CC1. The first kappa shape index (κ1) is 21.3. The van der Waals surface area contributed by atoms with E-state index in [0.717, 1.165) is 43.9 Å². The van der Waals surface area contributed by atoms with Crippen molar-refractivity contribution in [3.05, 3.63) is 51.3 Å². The molecule has 0 saturated carbocycles. The molecule has 2 aliphatic heterocycles. The lowest BCUT2D eigenvalue weighted by atomic mass is 10.0. The zero-order chi connectivity index (χ0) is 22.3. The Bertz CT molecular complexity index is 1000. The first-order valence-electron chi connectivity index (χ1n) is 10.7. The number of likely N-dealkylation sites (N-methyl/N-ethyl adjacent to an activating group) is 1. The van der Waals surface area contributed by atoms with Crippen molar-refractivity contribution in [1.82, 2.24) is 19.6 Å². The third-order valence-electron chi connectivity index (χ3n) is 6.12. The van der Waals surface area contributed by atoms with Gasteiger partial charge in [-0.25, -0.2) is 0 Å². The number of benzene rings is 1. The van der Waals surface area contributed by atoms with Gasteiger partial charge in [0, 0.05) is 68.6 Å². The third-order valence-corrected chi connectivity index (χ3v) is 6.12. The summed E-state index contributed by atoms with van der Waals surface area (Å²) < 4.78 is 2.03. The van der Waals surface area contributed by atoms with Gasteiger partial charge in [0.1, 0.15) is 5.69 Å². The van der Waals surface area contributed by atoms with Crippen LogP contribution < -0.4 is 4.90 Å². The Balaban J connectivity index is 1.56. The highest BCUT2D eigenvalue weighted by Crippen LogP contribution is 2.31. The Morgan fingerprint density at radius 1 is 1.13 bits per heavy atom. The number of hydrogen-bond acceptors (Lipinski definition) is 6. The molecule has 2 aliphatic rings. The van der Waals surface area contributed by atoms with Gasteiger partial charge in [0.05, 0.1) is 16.7 Å². The number of fused-ring (bicyclic) bond motifs is 1. The summed E-state index contributed by atoms with van der Waals surface area (Å²) in [5, 5.41) is 16.3. The van der Waals surface area contributed by atoms with Crippen LogP contribution in [0.4, 0.5) is 11.4 Å². The molecule has 2 aromatic rings. The van der Waals surface area contributed by atoms with Crippen LogP contribution >= 0.6 is 0 Å². The lowest BCUT2D eigenvalue weighted by Crippen LogP contribution is -2.44. The normalized spacial score (nSPS) is 17.5. The second-order valence-electron chi connectivity index (χ2n) is 9.43. The van der Waals surface area contributed by atoms with Gasteiger partial charge in [-0.05, 0) is 40.0 Å². The predicted molar refractivity (Wildman–Crippen MR) is 118 cm³/mol. The van der Waals surface area contributed by atoms with Gasteiger partial charge in [-0.3, -0.25) is 19.6 Å². The largest absolute Gasteiger partial charge is 0.363 e. The quantitative estimate of drug-likeness (QED) is 0.554. The Kier molecular flexibility index (Phi) is 5.47. The van der Waals surface area contributed by atoms with Gasteiger partial charge in [-0.15, -0.1) is 0 Å². The van der Waals surface area contributed by atoms with Gasteiger partial charge in [0.15, 0.2) is 0 Å². The number of anilines is 1. The minimum Gasteiger partial charge on any atom is -0.363 e. The summed E-state index contributed by atoms with van der Waals surface area (Å²) in [5.74, 6) is -0.179. The average molecular weight is 427 g/mol. The number of carbonyl (C=O) groups is 1. The number of nitrogens with zero attached hydrogens (tertiary/aromatic N) is 6. The Labute approximate surface area is 182 Å². The Morgan fingerprint density at radius 2 is 1.84 bits per heavy atom. The second kappa shape index (κ2) is 7.96. The molecule has 9 nitrogen and oxygen atoms in total. The van der Waals surface area contributed by atoms with E-state index in [4.69, 9.17) is 0 Å². The third kappa shape index (κ3) is 4.14. The van der Waals surface area contributed by atoms with Crippen molar-refractivity contribution in [3.63, 3.8) is 0 Å². The van der Waals surface area contributed by atoms with Crippen LogP contribution in [0.15, 0.2) is 24.4 Å². The number of nitro benzene ring substituents is 1. The van der Waals surface area contributed by atoms with E-state index in [1.807, 2.05) is 22.8 Å². The van der Waals surface area contributed by atoms with Crippen molar-refractivity contribution in [2.75, 3.05) is 44.7 Å². The van der Waals surface area contributed by atoms with Crippen LogP contribution in [0.1, 0.15) is 42.4 Å². The molecule has 1 fully saturated rings. The first-order chi connectivity index (χ1) is 14.6. The number of carbonyl (C=O) groups excluding carboxylic acids is 1. The fourth-order valence-electron chi connectivity index (χ4n) is 4.38. The van der Waals surface area contributed by atoms with Crippen molar-refractivity contribution >= 4 is 17.3 Å². The van der Waals surface area contributed by atoms with Gasteiger partial charge < -0.3 is 14.7 Å². The molecule has 0 N–H and O–H groups in total. The molecule has 1 aromatic heterocycles. The number of aromatic nitrogens is 2. The topological polar surface area (TPSA) is 87.8 Å². The monoisotopic (exact) mass is 426 g/mol. The summed E-state index contributed by atoms with van der Waals surface area (Å²) in [6, 6.07) is 4.88. The molecular formula is C22H30N6O3. The van der Waals surface area contributed by atoms with E-state index >= 15 is 0 Å². The zero-order valence-electron chi connectivity index (χ0n) is 18.7. The average Bonchev–Trinajstić information content (AvgIpc) is 3.17. The van der Waals surface area contributed by atoms with Crippen molar-refractivity contribution in [2.45, 2.75) is 39.3 Å². The van der Waals surface area contributed by atoms with Crippen molar-refractivity contribution < 1.29 is 9.72 Å². The van der Waals surface area contributed by atoms with Gasteiger partial charge in [0.2, 0.25) is 0 Å². The van der Waals surface area contributed by atoms with E-state index in [1.165, 1.54) is 6.07 Å². The molecule has 166 valence electrons. The van der Waals surface area contributed by atoms with Crippen molar-refractivity contribution in [1.29, 1.82) is 0 Å². The minimum absolute atomic E-state index is 0.00588. The number of piperazine rings is 1. The van der Waals surface area contributed by atoms with Crippen LogP contribution in [0, 0.1) is 10.1 Å². The van der Waals surface area contributed by atoms with Crippen LogP contribution in [0.5, 0.6) is 0 Å². The van der Waals surface area contributed by atoms with E-state index < -0.39 is 0 Å². The summed E-state index contributed by atoms with van der Waals surface area (Å²) >= 11 is 0. The van der Waals surface area contributed by atoms with Crippen LogP contribution in [0.2, 0.25) is 0 Å². The summed E-state index contributed by atoms with van der Waals surface area (Å²) in [6.45, 7) is 10.6. The summed E-state index contributed by atoms with van der Waals surface area (Å²) in [6.07, 6.45) is 2.55. The van der Waals surface area contributed by atoms with Crippen LogP contribution in [-0.2, 0) is 18.5 Å². The lowest BCUT2D eigenvalue weighted by molar-refractivity contribution is -0.384. The molecule has 0 bridgehead atoms. The number of hydrogen-bond donors (Lipinski definition) is 0. The first-order valence-corrected chi connectivity index (χ1v) is 10.7. The fourth-order valence-corrected chi connectivity index (χ4v) is 4.38. The Hall–Kier alpha value is -2.94.